The molecule has 1 unspecified atom stereocenters. The Labute approximate surface area is 179 Å². The highest BCUT2D eigenvalue weighted by Crippen LogP contribution is 2.71. The number of carbonyl (C=O) groups excluding carboxylic acids is 2. The van der Waals surface area contributed by atoms with Crippen LogP contribution in [0.25, 0.3) is 0 Å². The van der Waals surface area contributed by atoms with Gasteiger partial charge in [-0.15, -0.1) is 0 Å². The van der Waals surface area contributed by atoms with Gasteiger partial charge < -0.3 is 14.9 Å². The first-order valence-corrected chi connectivity index (χ1v) is 12.1. The number of fused-ring (bicyclic) bond motifs is 4. The van der Waals surface area contributed by atoms with E-state index in [9.17, 15) is 19.8 Å². The fourth-order valence-electron chi connectivity index (χ4n) is 9.66. The van der Waals surface area contributed by atoms with Crippen LogP contribution in [-0.2, 0) is 14.3 Å². The van der Waals surface area contributed by atoms with E-state index in [-0.39, 0.29) is 46.6 Å². The van der Waals surface area contributed by atoms with Crippen molar-refractivity contribution < 1.29 is 24.5 Å². The normalized spacial score (nSPS) is 53.9. The molecule has 30 heavy (non-hydrogen) atoms. The third-order valence-corrected chi connectivity index (χ3v) is 10.8. The van der Waals surface area contributed by atoms with Gasteiger partial charge in [0.1, 0.15) is 11.9 Å². The van der Waals surface area contributed by atoms with E-state index >= 15 is 0 Å². The van der Waals surface area contributed by atoms with E-state index < -0.39 is 17.9 Å². The molecular weight excluding hydrogens is 380 g/mol. The van der Waals surface area contributed by atoms with Crippen LogP contribution in [0.5, 0.6) is 0 Å². The molecular formula is C25H38O5. The molecule has 5 rings (SSSR count). The van der Waals surface area contributed by atoms with E-state index in [4.69, 9.17) is 4.74 Å². The van der Waals surface area contributed by atoms with E-state index in [1.165, 1.54) is 13.3 Å². The molecule has 0 radical (unpaired) electrons. The number of hydrogen-bond donors (Lipinski definition) is 2. The Hall–Kier alpha value is -0.940. The van der Waals surface area contributed by atoms with Crippen LogP contribution in [0.3, 0.4) is 0 Å². The number of esters is 1. The fourth-order valence-corrected chi connectivity index (χ4v) is 9.66. The van der Waals surface area contributed by atoms with Gasteiger partial charge in [0.15, 0.2) is 0 Å². The molecule has 5 aliphatic rings. The molecule has 0 aromatic rings. The summed E-state index contributed by atoms with van der Waals surface area (Å²) in [5, 5.41) is 21.8. The van der Waals surface area contributed by atoms with Crippen LogP contribution in [0.1, 0.15) is 72.6 Å². The van der Waals surface area contributed by atoms with Gasteiger partial charge in [-0.2, -0.15) is 0 Å². The highest BCUT2D eigenvalue weighted by Gasteiger charge is 2.72. The Morgan fingerprint density at radius 2 is 1.87 bits per heavy atom. The highest BCUT2D eigenvalue weighted by molar-refractivity contribution is 5.88. The summed E-state index contributed by atoms with van der Waals surface area (Å²) >= 11 is 0. The predicted molar refractivity (Wildman–Crippen MR) is 111 cm³/mol. The lowest BCUT2D eigenvalue weighted by molar-refractivity contribution is -0.211. The lowest BCUT2D eigenvalue weighted by Gasteiger charge is -2.66. The fraction of sp³-hybridized carbons (Fsp3) is 0.920. The minimum absolute atomic E-state index is 0.100. The Morgan fingerprint density at radius 3 is 2.53 bits per heavy atom. The van der Waals surface area contributed by atoms with E-state index in [0.717, 1.165) is 32.1 Å². The maximum atomic E-state index is 13.0. The van der Waals surface area contributed by atoms with Crippen molar-refractivity contribution in [3.05, 3.63) is 0 Å². The molecule has 0 spiro atoms. The summed E-state index contributed by atoms with van der Waals surface area (Å²) in [5.74, 6) is -0.212. The molecule has 10 atom stereocenters. The molecule has 0 aromatic carbocycles. The minimum atomic E-state index is -0.777. The Bertz CT molecular complexity index is 761. The van der Waals surface area contributed by atoms with Crippen molar-refractivity contribution >= 4 is 11.8 Å². The zero-order valence-electron chi connectivity index (χ0n) is 18.9. The molecule has 4 aliphatic carbocycles. The molecule has 0 bridgehead atoms. The molecule has 1 aliphatic heterocycles. The van der Waals surface area contributed by atoms with Crippen molar-refractivity contribution in [2.45, 2.75) is 84.8 Å². The first-order valence-electron chi connectivity index (χ1n) is 12.1. The monoisotopic (exact) mass is 418 g/mol. The van der Waals surface area contributed by atoms with Gasteiger partial charge in [-0.05, 0) is 74.5 Å². The van der Waals surface area contributed by atoms with Gasteiger partial charge >= 0.3 is 5.97 Å². The highest BCUT2D eigenvalue weighted by atomic mass is 16.6. The molecule has 5 fully saturated rings. The van der Waals surface area contributed by atoms with Crippen LogP contribution in [0, 0.1) is 51.8 Å². The van der Waals surface area contributed by atoms with E-state index in [2.05, 4.69) is 20.8 Å². The summed E-state index contributed by atoms with van der Waals surface area (Å²) in [4.78, 5) is 25.4. The smallest absolute Gasteiger partial charge is 0.310 e. The van der Waals surface area contributed by atoms with Crippen molar-refractivity contribution in [1.82, 2.24) is 0 Å². The van der Waals surface area contributed by atoms with Crippen molar-refractivity contribution in [1.29, 1.82) is 0 Å². The van der Waals surface area contributed by atoms with Crippen molar-refractivity contribution in [2.24, 2.45) is 51.8 Å². The zero-order valence-corrected chi connectivity index (χ0v) is 18.9. The summed E-state index contributed by atoms with van der Waals surface area (Å²) in [6.45, 7) is 8.58. The number of aliphatic hydroxyl groups is 2. The largest absolute Gasteiger partial charge is 0.461 e. The summed E-state index contributed by atoms with van der Waals surface area (Å²) in [6, 6.07) is 0. The number of rotatable bonds is 2. The molecule has 2 N–H and O–H groups in total. The first kappa shape index (κ1) is 20.9. The van der Waals surface area contributed by atoms with Gasteiger partial charge in [-0.25, -0.2) is 0 Å². The van der Waals surface area contributed by atoms with Crippen LogP contribution in [-0.4, -0.2) is 40.8 Å². The second-order valence-electron chi connectivity index (χ2n) is 12.2. The summed E-state index contributed by atoms with van der Waals surface area (Å²) in [6.07, 6.45) is 5.97. The second kappa shape index (κ2) is 6.54. The SMILES string of the molecule is CC(=O)[C@@H]1[C@@H](O)C[C@H]2C3CC[C@H]4C(C)(C)CCC[C@]4(CO)[C@H]3C[C@H]3OC(=O)[C@@H]1[C@@]32C. The van der Waals surface area contributed by atoms with Crippen LogP contribution < -0.4 is 0 Å². The lowest BCUT2D eigenvalue weighted by atomic mass is 9.38. The molecule has 168 valence electrons. The van der Waals surface area contributed by atoms with Gasteiger partial charge in [0.05, 0.1) is 17.9 Å². The number of aliphatic hydroxyl groups excluding tert-OH is 2. The van der Waals surface area contributed by atoms with Gasteiger partial charge in [0, 0.05) is 17.4 Å². The van der Waals surface area contributed by atoms with Gasteiger partial charge in [-0.1, -0.05) is 27.2 Å². The van der Waals surface area contributed by atoms with E-state index in [1.54, 1.807) is 0 Å². The average Bonchev–Trinajstić information content (AvgIpc) is 2.92. The molecule has 5 nitrogen and oxygen atoms in total. The summed E-state index contributed by atoms with van der Waals surface area (Å²) < 4.78 is 6.00. The quantitative estimate of drug-likeness (QED) is 0.672. The maximum absolute atomic E-state index is 13.0. The summed E-state index contributed by atoms with van der Waals surface area (Å²) in [7, 11) is 0. The van der Waals surface area contributed by atoms with Crippen molar-refractivity contribution in [3.63, 3.8) is 0 Å². The van der Waals surface area contributed by atoms with Gasteiger partial charge in [0.25, 0.3) is 0 Å². The van der Waals surface area contributed by atoms with Crippen LogP contribution in [0.2, 0.25) is 0 Å². The number of ether oxygens (including phenoxy) is 1. The van der Waals surface area contributed by atoms with Gasteiger partial charge in [-0.3, -0.25) is 9.59 Å². The van der Waals surface area contributed by atoms with Gasteiger partial charge in [0.2, 0.25) is 0 Å². The number of carbonyl (C=O) groups is 2. The number of hydrogen-bond acceptors (Lipinski definition) is 5. The predicted octanol–water partition coefficient (Wildman–Crippen LogP) is 3.36. The maximum Gasteiger partial charge on any atom is 0.310 e. The van der Waals surface area contributed by atoms with Crippen molar-refractivity contribution in [3.8, 4) is 0 Å². The lowest BCUT2D eigenvalue weighted by Crippen LogP contribution is -2.65. The van der Waals surface area contributed by atoms with Crippen molar-refractivity contribution in [2.75, 3.05) is 6.61 Å². The molecule has 5 heteroatoms. The second-order valence-corrected chi connectivity index (χ2v) is 12.2. The Morgan fingerprint density at radius 1 is 1.13 bits per heavy atom. The Balaban J connectivity index is 1.58. The first-order chi connectivity index (χ1) is 14.1. The molecule has 4 saturated carbocycles. The average molecular weight is 419 g/mol. The third-order valence-electron chi connectivity index (χ3n) is 10.8. The van der Waals surface area contributed by atoms with E-state index in [1.807, 2.05) is 0 Å². The molecule has 1 heterocycles. The standard InChI is InChI=1S/C25H38O5/c1-13(27)20-17(28)10-15-14-6-7-18-23(2,3)8-5-9-25(18,12-26)16(14)11-19-24(15,4)21(20)22(29)30-19/h14-21,26,28H,5-12H2,1-4H3/t14?,15-,16-,17-,18-,19+,20+,21+,24+,25-/m0/s1. The van der Waals surface area contributed by atoms with Crippen LogP contribution >= 0.6 is 0 Å². The topological polar surface area (TPSA) is 83.8 Å². The number of ketones is 1. The molecule has 0 amide bonds. The minimum Gasteiger partial charge on any atom is -0.461 e. The third kappa shape index (κ3) is 2.42. The number of Topliss-reactive ketones (excluding diaryl/α,β-unsaturated/α-hetero) is 1. The summed E-state index contributed by atoms with van der Waals surface area (Å²) in [5.41, 5.74) is -0.284. The molecule has 1 saturated heterocycles. The zero-order chi connectivity index (χ0) is 21.6. The Kier molecular flexibility index (Phi) is 4.56. The van der Waals surface area contributed by atoms with E-state index in [0.29, 0.717) is 24.2 Å². The molecule has 0 aromatic heterocycles. The van der Waals surface area contributed by atoms with Crippen LogP contribution in [0.4, 0.5) is 0 Å². The van der Waals surface area contributed by atoms with Crippen LogP contribution in [0.15, 0.2) is 0 Å².